The fourth-order valence-electron chi connectivity index (χ4n) is 2.83. The summed E-state index contributed by atoms with van der Waals surface area (Å²) in [6.45, 7) is 4.53. The van der Waals surface area contributed by atoms with E-state index in [2.05, 4.69) is 15.4 Å². The third kappa shape index (κ3) is 4.17. The molecule has 24 heavy (non-hydrogen) atoms. The monoisotopic (exact) mass is 351 g/mol. The van der Waals surface area contributed by atoms with Crippen molar-refractivity contribution in [2.45, 2.75) is 44.9 Å². The van der Waals surface area contributed by atoms with E-state index >= 15 is 0 Å². The van der Waals surface area contributed by atoms with Crippen molar-refractivity contribution in [3.8, 4) is 5.75 Å². The molecule has 1 unspecified atom stereocenters. The smallest absolute Gasteiger partial charge is 0.222 e. The van der Waals surface area contributed by atoms with Crippen molar-refractivity contribution in [3.05, 3.63) is 36.4 Å². The number of nitrogens with two attached hydrogens (primary N) is 1. The molecule has 8 heteroatoms. The summed E-state index contributed by atoms with van der Waals surface area (Å²) in [6.07, 6.45) is 4.09. The van der Waals surface area contributed by atoms with Gasteiger partial charge in [0, 0.05) is 24.1 Å². The van der Waals surface area contributed by atoms with E-state index in [1.807, 2.05) is 32.0 Å². The van der Waals surface area contributed by atoms with E-state index < -0.39 is 0 Å². The molecule has 1 aromatic carbocycles. The minimum absolute atomic E-state index is 0. The van der Waals surface area contributed by atoms with E-state index in [1.54, 1.807) is 11.0 Å². The summed E-state index contributed by atoms with van der Waals surface area (Å²) in [7, 11) is 0. The average Bonchev–Trinajstić information content (AvgIpc) is 2.98. The van der Waals surface area contributed by atoms with Gasteiger partial charge in [0.05, 0.1) is 12.6 Å². The molecule has 0 bridgehead atoms. The Bertz CT molecular complexity index is 702. The molecule has 0 saturated carbocycles. The fourth-order valence-corrected chi connectivity index (χ4v) is 2.83. The number of rotatable bonds is 4. The van der Waals surface area contributed by atoms with E-state index in [9.17, 15) is 4.79 Å². The number of hydrogen-bond acceptors (Lipinski definition) is 5. The van der Waals surface area contributed by atoms with Crippen LogP contribution in [-0.2, 0) is 11.3 Å². The van der Waals surface area contributed by atoms with Crippen molar-refractivity contribution in [3.63, 3.8) is 0 Å². The highest BCUT2D eigenvalue weighted by atomic mass is 35.5. The van der Waals surface area contributed by atoms with Crippen molar-refractivity contribution in [1.82, 2.24) is 20.1 Å². The van der Waals surface area contributed by atoms with Crippen LogP contribution in [0.2, 0.25) is 0 Å². The maximum absolute atomic E-state index is 12.3. The minimum atomic E-state index is -0.340. The molecular formula is C16H22ClN5O2. The minimum Gasteiger partial charge on any atom is -0.487 e. The first kappa shape index (κ1) is 18.1. The van der Waals surface area contributed by atoms with Crippen molar-refractivity contribution < 1.29 is 9.53 Å². The molecule has 130 valence electrons. The first-order valence-electron chi connectivity index (χ1n) is 7.63. The van der Waals surface area contributed by atoms with E-state index in [0.717, 1.165) is 11.3 Å². The molecule has 0 aliphatic carbocycles. The highest BCUT2D eigenvalue weighted by Crippen LogP contribution is 2.40. The first-order valence-corrected chi connectivity index (χ1v) is 7.63. The Morgan fingerprint density at radius 2 is 2.29 bits per heavy atom. The summed E-state index contributed by atoms with van der Waals surface area (Å²) in [6, 6.07) is 5.43. The van der Waals surface area contributed by atoms with Gasteiger partial charge in [-0.15, -0.1) is 12.4 Å². The number of carbonyl (C=O) groups excluding carboxylic acids is 1. The summed E-state index contributed by atoms with van der Waals surface area (Å²) < 4.78 is 7.61. The van der Waals surface area contributed by atoms with Gasteiger partial charge in [0.25, 0.3) is 0 Å². The number of anilines is 1. The molecule has 1 aliphatic rings. The summed E-state index contributed by atoms with van der Waals surface area (Å²) in [5.41, 5.74) is 7.13. The molecule has 0 radical (unpaired) electrons. The van der Waals surface area contributed by atoms with Crippen LogP contribution in [0.25, 0.3) is 0 Å². The average molecular weight is 352 g/mol. The molecule has 2 aromatic rings. The number of carbonyl (C=O) groups is 1. The lowest BCUT2D eigenvalue weighted by atomic mass is 9.89. The predicted octanol–water partition coefficient (Wildman–Crippen LogP) is 2.09. The predicted molar refractivity (Wildman–Crippen MR) is 92.9 cm³/mol. The van der Waals surface area contributed by atoms with Crippen molar-refractivity contribution in [1.29, 1.82) is 0 Å². The molecule has 2 heterocycles. The second-order valence-corrected chi connectivity index (χ2v) is 6.39. The van der Waals surface area contributed by atoms with Gasteiger partial charge in [-0.25, -0.2) is 4.98 Å². The third-order valence-corrected chi connectivity index (χ3v) is 3.86. The zero-order chi connectivity index (χ0) is 16.4. The zero-order valence-corrected chi connectivity index (χ0v) is 14.5. The van der Waals surface area contributed by atoms with Crippen LogP contribution >= 0.6 is 12.4 Å². The van der Waals surface area contributed by atoms with E-state index in [0.29, 0.717) is 25.1 Å². The highest BCUT2D eigenvalue weighted by molar-refractivity contribution is 5.85. The van der Waals surface area contributed by atoms with Gasteiger partial charge in [-0.05, 0) is 32.0 Å². The van der Waals surface area contributed by atoms with Crippen LogP contribution in [0.1, 0.15) is 38.3 Å². The number of nitrogen functional groups attached to an aromatic ring is 1. The first-order chi connectivity index (χ1) is 10.9. The van der Waals surface area contributed by atoms with Gasteiger partial charge in [-0.1, -0.05) is 0 Å². The second-order valence-electron chi connectivity index (χ2n) is 6.39. The molecule has 1 aliphatic heterocycles. The number of aryl methyl sites for hydroxylation is 1. The second kappa shape index (κ2) is 7.09. The van der Waals surface area contributed by atoms with Crippen LogP contribution in [0, 0.1) is 0 Å². The SMILES string of the molecule is CC1(C)CC(NC(=O)CCn2cncn2)c2cc(N)ccc2O1.Cl. The molecule has 0 spiro atoms. The quantitative estimate of drug-likeness (QED) is 0.822. The molecule has 1 atom stereocenters. The number of benzene rings is 1. The van der Waals surface area contributed by atoms with Gasteiger partial charge < -0.3 is 15.8 Å². The standard InChI is InChI=1S/C16H21N5O2.ClH/c1-16(2)8-13(12-7-11(17)3-4-14(12)23-16)20-15(22)5-6-21-10-18-9-19-21;/h3-4,7,9-10,13H,5-6,8,17H2,1-2H3,(H,20,22);1H. The van der Waals surface area contributed by atoms with Crippen molar-refractivity contribution in [2.24, 2.45) is 0 Å². The lowest BCUT2D eigenvalue weighted by molar-refractivity contribution is -0.122. The molecule has 1 aromatic heterocycles. The number of halogens is 1. The summed E-state index contributed by atoms with van der Waals surface area (Å²) in [5.74, 6) is 0.744. The number of aromatic nitrogens is 3. The Morgan fingerprint density at radius 1 is 1.50 bits per heavy atom. The maximum Gasteiger partial charge on any atom is 0.222 e. The Labute approximate surface area is 147 Å². The molecule has 3 N–H and O–H groups in total. The zero-order valence-electron chi connectivity index (χ0n) is 13.7. The van der Waals surface area contributed by atoms with Gasteiger partial charge >= 0.3 is 0 Å². The number of amides is 1. The van der Waals surface area contributed by atoms with Crippen LogP contribution in [0.5, 0.6) is 5.75 Å². The van der Waals surface area contributed by atoms with Crippen LogP contribution in [0.4, 0.5) is 5.69 Å². The largest absolute Gasteiger partial charge is 0.487 e. The number of nitrogens with zero attached hydrogens (tertiary/aromatic N) is 3. The van der Waals surface area contributed by atoms with Crippen LogP contribution < -0.4 is 15.8 Å². The number of hydrogen-bond donors (Lipinski definition) is 2. The van der Waals surface area contributed by atoms with Gasteiger partial charge in [0.15, 0.2) is 0 Å². The number of fused-ring (bicyclic) bond motifs is 1. The van der Waals surface area contributed by atoms with Gasteiger partial charge in [-0.3, -0.25) is 9.48 Å². The topological polar surface area (TPSA) is 95.1 Å². The van der Waals surface area contributed by atoms with Crippen molar-refractivity contribution >= 4 is 24.0 Å². The molecule has 3 rings (SSSR count). The van der Waals surface area contributed by atoms with Gasteiger partial charge in [0.2, 0.25) is 5.91 Å². The van der Waals surface area contributed by atoms with Crippen LogP contribution in [-0.4, -0.2) is 26.3 Å². The van der Waals surface area contributed by atoms with E-state index in [-0.39, 0.29) is 30.0 Å². The van der Waals surface area contributed by atoms with E-state index in [4.69, 9.17) is 10.5 Å². The lowest BCUT2D eigenvalue weighted by Gasteiger charge is -2.38. The summed E-state index contributed by atoms with van der Waals surface area (Å²) in [4.78, 5) is 16.1. The summed E-state index contributed by atoms with van der Waals surface area (Å²) >= 11 is 0. The Hall–Kier alpha value is -2.28. The Morgan fingerprint density at radius 3 is 3.00 bits per heavy atom. The molecule has 0 fully saturated rings. The lowest BCUT2D eigenvalue weighted by Crippen LogP contribution is -2.41. The highest BCUT2D eigenvalue weighted by Gasteiger charge is 2.34. The van der Waals surface area contributed by atoms with Crippen LogP contribution in [0.3, 0.4) is 0 Å². The van der Waals surface area contributed by atoms with E-state index in [1.165, 1.54) is 6.33 Å². The number of nitrogens with one attached hydrogen (secondary N) is 1. The third-order valence-electron chi connectivity index (χ3n) is 3.86. The molecule has 0 saturated heterocycles. The Balaban J connectivity index is 0.00000208. The molecular weight excluding hydrogens is 330 g/mol. The fraction of sp³-hybridized carbons (Fsp3) is 0.438. The maximum atomic E-state index is 12.3. The van der Waals surface area contributed by atoms with Gasteiger partial charge in [0.1, 0.15) is 24.0 Å². The van der Waals surface area contributed by atoms with Crippen molar-refractivity contribution in [2.75, 3.05) is 5.73 Å². The normalized spacial score (nSPS) is 18.0. The van der Waals surface area contributed by atoms with Crippen LogP contribution in [0.15, 0.2) is 30.9 Å². The molecule has 7 nitrogen and oxygen atoms in total. The Kier molecular flexibility index (Phi) is 5.33. The molecule has 1 amide bonds. The summed E-state index contributed by atoms with van der Waals surface area (Å²) in [5, 5.41) is 7.08. The van der Waals surface area contributed by atoms with Gasteiger partial charge in [-0.2, -0.15) is 5.10 Å². The number of ether oxygens (including phenoxy) is 1.